The van der Waals surface area contributed by atoms with E-state index in [1.807, 2.05) is 17.0 Å². The minimum atomic E-state index is 0.106. The molecule has 0 aliphatic carbocycles. The molecule has 0 spiro atoms. The fourth-order valence-corrected chi connectivity index (χ4v) is 2.05. The second kappa shape index (κ2) is 5.66. The molecule has 0 radical (unpaired) electrons. The number of pyridine rings is 1. The molecule has 0 atom stereocenters. The summed E-state index contributed by atoms with van der Waals surface area (Å²) in [6.07, 6.45) is 4.97. The number of hydrogen-bond donors (Lipinski definition) is 1. The molecular formula is C13H19N3O. The molecule has 1 fully saturated rings. The van der Waals surface area contributed by atoms with Gasteiger partial charge in [-0.1, -0.05) is 6.92 Å². The Hall–Kier alpha value is -1.58. The highest BCUT2D eigenvalue weighted by atomic mass is 16.2. The fraction of sp³-hybridized carbons (Fsp3) is 0.538. The predicted octanol–water partition coefficient (Wildman–Crippen LogP) is 2.14. The third-order valence-corrected chi connectivity index (χ3v) is 2.97. The van der Waals surface area contributed by atoms with Crippen LogP contribution in [-0.2, 0) is 0 Å². The van der Waals surface area contributed by atoms with Gasteiger partial charge in [0.2, 0.25) is 0 Å². The highest BCUT2D eigenvalue weighted by Crippen LogP contribution is 2.17. The number of aromatic nitrogens is 1. The summed E-state index contributed by atoms with van der Waals surface area (Å²) in [5.41, 5.74) is 0.697. The number of rotatable bonds is 4. The molecule has 0 aromatic carbocycles. The summed E-state index contributed by atoms with van der Waals surface area (Å²) in [7, 11) is 0. The molecule has 17 heavy (non-hydrogen) atoms. The monoisotopic (exact) mass is 233 g/mol. The second-order valence-electron chi connectivity index (χ2n) is 4.33. The summed E-state index contributed by atoms with van der Waals surface area (Å²) in [5, 5.41) is 3.21. The first kappa shape index (κ1) is 11.9. The van der Waals surface area contributed by atoms with Crippen molar-refractivity contribution in [2.24, 2.45) is 0 Å². The molecule has 1 aromatic heterocycles. The minimum Gasteiger partial charge on any atom is -0.369 e. The molecule has 1 saturated heterocycles. The molecule has 1 amide bonds. The first-order valence-electron chi connectivity index (χ1n) is 6.31. The van der Waals surface area contributed by atoms with Crippen LogP contribution in [0.1, 0.15) is 36.5 Å². The molecule has 0 saturated carbocycles. The van der Waals surface area contributed by atoms with Crippen molar-refractivity contribution in [3.8, 4) is 0 Å². The SMILES string of the molecule is CCCNc1ncccc1C(=O)N1CCCC1. The van der Waals surface area contributed by atoms with Gasteiger partial charge >= 0.3 is 0 Å². The van der Waals surface area contributed by atoms with Gasteiger partial charge in [0, 0.05) is 25.8 Å². The third-order valence-electron chi connectivity index (χ3n) is 2.97. The van der Waals surface area contributed by atoms with E-state index in [1.165, 1.54) is 0 Å². The van der Waals surface area contributed by atoms with Crippen LogP contribution in [0.2, 0.25) is 0 Å². The van der Waals surface area contributed by atoms with Crippen LogP contribution in [0.3, 0.4) is 0 Å². The summed E-state index contributed by atoms with van der Waals surface area (Å²) < 4.78 is 0. The van der Waals surface area contributed by atoms with E-state index < -0.39 is 0 Å². The zero-order valence-corrected chi connectivity index (χ0v) is 10.3. The fourth-order valence-electron chi connectivity index (χ4n) is 2.05. The Balaban J connectivity index is 2.15. The molecule has 0 unspecified atom stereocenters. The number of nitrogens with one attached hydrogen (secondary N) is 1. The van der Waals surface area contributed by atoms with Crippen molar-refractivity contribution in [2.45, 2.75) is 26.2 Å². The van der Waals surface area contributed by atoms with Gasteiger partial charge in [-0.05, 0) is 31.4 Å². The standard InChI is InChI=1S/C13H19N3O/c1-2-7-14-12-11(6-5-8-15-12)13(17)16-9-3-4-10-16/h5-6,8H,2-4,7,9-10H2,1H3,(H,14,15). The lowest BCUT2D eigenvalue weighted by Crippen LogP contribution is -2.28. The Morgan fingerprint density at radius 3 is 2.94 bits per heavy atom. The molecular weight excluding hydrogens is 214 g/mol. The van der Waals surface area contributed by atoms with Gasteiger partial charge in [0.1, 0.15) is 5.82 Å². The number of anilines is 1. The summed E-state index contributed by atoms with van der Waals surface area (Å²) in [6.45, 7) is 4.69. The molecule has 4 nitrogen and oxygen atoms in total. The van der Waals surface area contributed by atoms with Gasteiger partial charge in [-0.3, -0.25) is 4.79 Å². The van der Waals surface area contributed by atoms with Crippen LogP contribution in [0.4, 0.5) is 5.82 Å². The van der Waals surface area contributed by atoms with Crippen molar-refractivity contribution in [2.75, 3.05) is 25.0 Å². The molecule has 92 valence electrons. The minimum absolute atomic E-state index is 0.106. The van der Waals surface area contributed by atoms with Crippen molar-refractivity contribution in [1.82, 2.24) is 9.88 Å². The van der Waals surface area contributed by atoms with Gasteiger partial charge < -0.3 is 10.2 Å². The molecule has 2 heterocycles. The quantitative estimate of drug-likeness (QED) is 0.866. The van der Waals surface area contributed by atoms with Crippen molar-refractivity contribution in [3.63, 3.8) is 0 Å². The van der Waals surface area contributed by atoms with E-state index in [0.29, 0.717) is 11.4 Å². The van der Waals surface area contributed by atoms with Gasteiger partial charge in [-0.25, -0.2) is 4.98 Å². The maximum absolute atomic E-state index is 12.3. The van der Waals surface area contributed by atoms with Gasteiger partial charge in [0.15, 0.2) is 0 Å². The van der Waals surface area contributed by atoms with Gasteiger partial charge in [-0.15, -0.1) is 0 Å². The summed E-state index contributed by atoms with van der Waals surface area (Å²) in [4.78, 5) is 18.4. The Labute approximate surface area is 102 Å². The van der Waals surface area contributed by atoms with Crippen LogP contribution >= 0.6 is 0 Å². The molecule has 1 aliphatic heterocycles. The molecule has 1 N–H and O–H groups in total. The zero-order valence-electron chi connectivity index (χ0n) is 10.3. The van der Waals surface area contributed by atoms with E-state index in [1.54, 1.807) is 6.20 Å². The predicted molar refractivity (Wildman–Crippen MR) is 68.2 cm³/mol. The molecule has 1 aliphatic rings. The van der Waals surface area contributed by atoms with Gasteiger partial charge in [-0.2, -0.15) is 0 Å². The lowest BCUT2D eigenvalue weighted by atomic mass is 10.2. The highest BCUT2D eigenvalue weighted by molar-refractivity contribution is 5.98. The van der Waals surface area contributed by atoms with E-state index in [4.69, 9.17) is 0 Å². The van der Waals surface area contributed by atoms with Crippen LogP contribution in [0.5, 0.6) is 0 Å². The topological polar surface area (TPSA) is 45.2 Å². The van der Waals surface area contributed by atoms with Crippen molar-refractivity contribution in [3.05, 3.63) is 23.9 Å². The average Bonchev–Trinajstić information content (AvgIpc) is 2.89. The lowest BCUT2D eigenvalue weighted by molar-refractivity contribution is 0.0793. The third kappa shape index (κ3) is 2.75. The molecule has 0 bridgehead atoms. The Morgan fingerprint density at radius 2 is 2.24 bits per heavy atom. The molecule has 2 rings (SSSR count). The first-order valence-corrected chi connectivity index (χ1v) is 6.31. The number of amides is 1. The van der Waals surface area contributed by atoms with E-state index in [9.17, 15) is 4.79 Å². The largest absolute Gasteiger partial charge is 0.369 e. The van der Waals surface area contributed by atoms with Crippen LogP contribution < -0.4 is 5.32 Å². The smallest absolute Gasteiger partial charge is 0.257 e. The molecule has 1 aromatic rings. The number of carbonyl (C=O) groups excluding carboxylic acids is 1. The summed E-state index contributed by atoms with van der Waals surface area (Å²) in [6, 6.07) is 3.67. The van der Waals surface area contributed by atoms with E-state index in [-0.39, 0.29) is 5.91 Å². The van der Waals surface area contributed by atoms with Crippen molar-refractivity contribution < 1.29 is 4.79 Å². The number of nitrogens with zero attached hydrogens (tertiary/aromatic N) is 2. The number of hydrogen-bond acceptors (Lipinski definition) is 3. The van der Waals surface area contributed by atoms with E-state index in [2.05, 4.69) is 17.2 Å². The first-order chi connectivity index (χ1) is 8.33. The van der Waals surface area contributed by atoms with Crippen LogP contribution in [0.15, 0.2) is 18.3 Å². The van der Waals surface area contributed by atoms with Gasteiger partial charge in [0.05, 0.1) is 5.56 Å². The summed E-state index contributed by atoms with van der Waals surface area (Å²) in [5.74, 6) is 0.820. The lowest BCUT2D eigenvalue weighted by Gasteiger charge is -2.17. The normalized spacial score (nSPS) is 15.0. The number of likely N-dealkylation sites (tertiary alicyclic amines) is 1. The maximum Gasteiger partial charge on any atom is 0.257 e. The number of carbonyl (C=O) groups is 1. The van der Waals surface area contributed by atoms with Crippen molar-refractivity contribution in [1.29, 1.82) is 0 Å². The van der Waals surface area contributed by atoms with Gasteiger partial charge in [0.25, 0.3) is 5.91 Å². The Morgan fingerprint density at radius 1 is 1.47 bits per heavy atom. The molecule has 4 heteroatoms. The zero-order chi connectivity index (χ0) is 12.1. The maximum atomic E-state index is 12.3. The Kier molecular flexibility index (Phi) is 3.96. The van der Waals surface area contributed by atoms with E-state index in [0.717, 1.165) is 38.9 Å². The van der Waals surface area contributed by atoms with Crippen LogP contribution in [-0.4, -0.2) is 35.4 Å². The van der Waals surface area contributed by atoms with Crippen molar-refractivity contribution >= 4 is 11.7 Å². The summed E-state index contributed by atoms with van der Waals surface area (Å²) >= 11 is 0. The Bertz CT molecular complexity index is 386. The van der Waals surface area contributed by atoms with Crippen LogP contribution in [0.25, 0.3) is 0 Å². The highest BCUT2D eigenvalue weighted by Gasteiger charge is 2.21. The second-order valence-corrected chi connectivity index (χ2v) is 4.33. The van der Waals surface area contributed by atoms with E-state index >= 15 is 0 Å². The van der Waals surface area contributed by atoms with Crippen LogP contribution in [0, 0.1) is 0 Å². The average molecular weight is 233 g/mol.